The maximum absolute atomic E-state index is 11.4. The highest BCUT2D eigenvalue weighted by molar-refractivity contribution is 7.89. The van der Waals surface area contributed by atoms with Crippen LogP contribution in [-0.2, 0) is 10.0 Å². The van der Waals surface area contributed by atoms with Gasteiger partial charge < -0.3 is 5.32 Å². The summed E-state index contributed by atoms with van der Waals surface area (Å²) in [6.07, 6.45) is 7.56. The topological polar surface area (TPSA) is 58.2 Å². The van der Waals surface area contributed by atoms with Gasteiger partial charge >= 0.3 is 0 Å². The molecule has 1 saturated carbocycles. The second-order valence-corrected chi connectivity index (χ2v) is 8.04. The number of halogens is 1. The first-order chi connectivity index (χ1) is 8.55. The van der Waals surface area contributed by atoms with Crippen molar-refractivity contribution in [3.05, 3.63) is 0 Å². The van der Waals surface area contributed by atoms with E-state index < -0.39 is 10.0 Å². The Kier molecular flexibility index (Phi) is 6.57. The van der Waals surface area contributed by atoms with Crippen LogP contribution in [0.4, 0.5) is 0 Å². The average Bonchev–Trinajstić information content (AvgIpc) is 2.39. The van der Waals surface area contributed by atoms with Gasteiger partial charge in [-0.15, -0.1) is 12.4 Å². The summed E-state index contributed by atoms with van der Waals surface area (Å²) in [6.45, 7) is 4.65. The van der Waals surface area contributed by atoms with Gasteiger partial charge in [-0.25, -0.2) is 13.1 Å². The van der Waals surface area contributed by atoms with Crippen molar-refractivity contribution < 1.29 is 8.42 Å². The van der Waals surface area contributed by atoms with Gasteiger partial charge in [-0.05, 0) is 69.9 Å². The fraction of sp³-hybridized carbons (Fsp3) is 1.00. The van der Waals surface area contributed by atoms with Crippen molar-refractivity contribution in [1.29, 1.82) is 0 Å². The number of hydrogen-bond donors (Lipinski definition) is 2. The number of piperidine rings is 1. The Balaban J connectivity index is 0.00000180. The Bertz CT molecular complexity index is 357. The monoisotopic (exact) mass is 310 g/mol. The lowest BCUT2D eigenvalue weighted by Gasteiger charge is -2.43. The second-order valence-electron chi connectivity index (χ2n) is 5.95. The molecular weight excluding hydrogens is 284 g/mol. The molecule has 4 nitrogen and oxygen atoms in total. The first-order valence-electron chi connectivity index (χ1n) is 7.23. The summed E-state index contributed by atoms with van der Waals surface area (Å²) in [4.78, 5) is 0. The fourth-order valence-corrected chi connectivity index (χ4v) is 3.99. The standard InChI is InChI=1S/C13H26N2O2S.ClH/c1-2-18(16,17)15-11-12-3-5-13(6-4-12)7-9-14-10-8-13;/h12,14-15H,2-11H2,1H3;1H. The van der Waals surface area contributed by atoms with Gasteiger partial charge in [0.1, 0.15) is 0 Å². The number of rotatable bonds is 4. The van der Waals surface area contributed by atoms with Crippen LogP contribution in [0.1, 0.15) is 45.4 Å². The maximum Gasteiger partial charge on any atom is 0.211 e. The third-order valence-electron chi connectivity index (χ3n) is 4.80. The zero-order valence-corrected chi connectivity index (χ0v) is 13.4. The number of nitrogens with one attached hydrogen (secondary N) is 2. The van der Waals surface area contributed by atoms with Gasteiger partial charge in [0.15, 0.2) is 0 Å². The third-order valence-corrected chi connectivity index (χ3v) is 6.17. The van der Waals surface area contributed by atoms with E-state index in [9.17, 15) is 8.42 Å². The molecule has 2 aliphatic rings. The predicted molar refractivity (Wildman–Crippen MR) is 81.2 cm³/mol. The Morgan fingerprint density at radius 2 is 1.74 bits per heavy atom. The predicted octanol–water partition coefficient (Wildman–Crippen LogP) is 1.91. The first-order valence-corrected chi connectivity index (χ1v) is 8.89. The summed E-state index contributed by atoms with van der Waals surface area (Å²) in [7, 11) is -3.01. The van der Waals surface area contributed by atoms with Gasteiger partial charge in [0.25, 0.3) is 0 Å². The lowest BCUT2D eigenvalue weighted by molar-refractivity contribution is 0.106. The molecule has 1 aliphatic heterocycles. The van der Waals surface area contributed by atoms with Crippen molar-refractivity contribution in [3.63, 3.8) is 0 Å². The van der Waals surface area contributed by atoms with Crippen LogP contribution < -0.4 is 10.0 Å². The van der Waals surface area contributed by atoms with E-state index in [1.807, 2.05) is 0 Å². The van der Waals surface area contributed by atoms with Crippen molar-refractivity contribution in [1.82, 2.24) is 10.0 Å². The average molecular weight is 311 g/mol. The largest absolute Gasteiger partial charge is 0.317 e. The maximum atomic E-state index is 11.4. The van der Waals surface area contributed by atoms with E-state index in [1.165, 1.54) is 38.5 Å². The number of hydrogen-bond acceptors (Lipinski definition) is 3. The summed E-state index contributed by atoms with van der Waals surface area (Å²) < 4.78 is 25.6. The van der Waals surface area contributed by atoms with E-state index in [4.69, 9.17) is 0 Å². The molecule has 0 radical (unpaired) electrons. The van der Waals surface area contributed by atoms with Crippen LogP contribution in [0.3, 0.4) is 0 Å². The zero-order valence-electron chi connectivity index (χ0n) is 11.8. The summed E-state index contributed by atoms with van der Waals surface area (Å²) in [5, 5.41) is 3.43. The minimum Gasteiger partial charge on any atom is -0.317 e. The summed E-state index contributed by atoms with van der Waals surface area (Å²) in [6, 6.07) is 0. The molecule has 1 aliphatic carbocycles. The highest BCUT2D eigenvalue weighted by atomic mass is 35.5. The van der Waals surface area contributed by atoms with Crippen LogP contribution in [-0.4, -0.2) is 33.8 Å². The first kappa shape index (κ1) is 17.2. The Morgan fingerprint density at radius 1 is 1.16 bits per heavy atom. The molecule has 2 N–H and O–H groups in total. The van der Waals surface area contributed by atoms with E-state index in [1.54, 1.807) is 6.92 Å². The van der Waals surface area contributed by atoms with Crippen LogP contribution in [0.5, 0.6) is 0 Å². The molecule has 19 heavy (non-hydrogen) atoms. The van der Waals surface area contributed by atoms with E-state index in [0.29, 0.717) is 17.9 Å². The molecule has 1 spiro atoms. The van der Waals surface area contributed by atoms with Gasteiger partial charge in [-0.3, -0.25) is 0 Å². The van der Waals surface area contributed by atoms with E-state index in [-0.39, 0.29) is 18.2 Å². The van der Waals surface area contributed by atoms with Crippen molar-refractivity contribution in [2.45, 2.75) is 45.4 Å². The highest BCUT2D eigenvalue weighted by Crippen LogP contribution is 2.44. The smallest absolute Gasteiger partial charge is 0.211 e. The van der Waals surface area contributed by atoms with Crippen LogP contribution in [0, 0.1) is 11.3 Å². The summed E-state index contributed by atoms with van der Waals surface area (Å²) in [5.41, 5.74) is 0.575. The van der Waals surface area contributed by atoms with Crippen molar-refractivity contribution in [2.75, 3.05) is 25.4 Å². The molecule has 0 aromatic carbocycles. The van der Waals surface area contributed by atoms with Crippen LogP contribution in [0.15, 0.2) is 0 Å². The van der Waals surface area contributed by atoms with Gasteiger partial charge in [0, 0.05) is 6.54 Å². The molecule has 6 heteroatoms. The SMILES string of the molecule is CCS(=O)(=O)NCC1CCC2(CCNCC2)CC1.Cl. The lowest BCUT2D eigenvalue weighted by atomic mass is 9.66. The summed E-state index contributed by atoms with van der Waals surface area (Å²) >= 11 is 0. The van der Waals surface area contributed by atoms with Gasteiger partial charge in [-0.2, -0.15) is 0 Å². The second kappa shape index (κ2) is 7.25. The normalized spacial score (nSPS) is 24.1. The fourth-order valence-electron chi connectivity index (χ4n) is 3.30. The minimum absolute atomic E-state index is 0. The Hall–Kier alpha value is 0.160. The third kappa shape index (κ3) is 4.88. The van der Waals surface area contributed by atoms with Gasteiger partial charge in [-0.1, -0.05) is 0 Å². The van der Waals surface area contributed by atoms with Gasteiger partial charge in [0.05, 0.1) is 5.75 Å². The Morgan fingerprint density at radius 3 is 2.26 bits per heavy atom. The highest BCUT2D eigenvalue weighted by Gasteiger charge is 2.36. The minimum atomic E-state index is -3.01. The molecule has 0 aromatic heterocycles. The molecular formula is C13H27ClN2O2S. The molecule has 1 saturated heterocycles. The van der Waals surface area contributed by atoms with Crippen LogP contribution >= 0.6 is 12.4 Å². The van der Waals surface area contributed by atoms with Gasteiger partial charge in [0.2, 0.25) is 10.0 Å². The van der Waals surface area contributed by atoms with Crippen LogP contribution in [0.25, 0.3) is 0 Å². The quantitative estimate of drug-likeness (QED) is 0.834. The molecule has 0 amide bonds. The van der Waals surface area contributed by atoms with E-state index >= 15 is 0 Å². The molecule has 0 bridgehead atoms. The van der Waals surface area contributed by atoms with Crippen molar-refractivity contribution in [3.8, 4) is 0 Å². The molecule has 0 aromatic rings. The zero-order chi connectivity index (χ0) is 13.1. The Labute approximate surface area is 123 Å². The molecule has 114 valence electrons. The molecule has 0 unspecified atom stereocenters. The van der Waals surface area contributed by atoms with E-state index in [2.05, 4.69) is 10.0 Å². The molecule has 2 fully saturated rings. The van der Waals surface area contributed by atoms with Crippen molar-refractivity contribution in [2.24, 2.45) is 11.3 Å². The molecule has 1 heterocycles. The lowest BCUT2D eigenvalue weighted by Crippen LogP contribution is -2.41. The van der Waals surface area contributed by atoms with E-state index in [0.717, 1.165) is 13.1 Å². The van der Waals surface area contributed by atoms with Crippen molar-refractivity contribution >= 4 is 22.4 Å². The van der Waals surface area contributed by atoms with Crippen LogP contribution in [0.2, 0.25) is 0 Å². The molecule has 0 atom stereocenters. The molecule has 2 rings (SSSR count). The summed E-state index contributed by atoms with van der Waals surface area (Å²) in [5.74, 6) is 0.738. The number of sulfonamides is 1.